The summed E-state index contributed by atoms with van der Waals surface area (Å²) in [5.41, 5.74) is 1.91. The van der Waals surface area contributed by atoms with Gasteiger partial charge in [-0.3, -0.25) is 4.57 Å². The van der Waals surface area contributed by atoms with Crippen molar-refractivity contribution in [2.75, 3.05) is 119 Å². The summed E-state index contributed by atoms with van der Waals surface area (Å²) < 4.78 is 75.2. The Morgan fingerprint density at radius 1 is 0.574 bits per heavy atom. The van der Waals surface area contributed by atoms with Gasteiger partial charge in [-0.2, -0.15) is 4.20 Å². The van der Waals surface area contributed by atoms with Gasteiger partial charge >= 0.3 is 0 Å². The van der Waals surface area contributed by atoms with Gasteiger partial charge in [0.05, 0.1) is 131 Å². The van der Waals surface area contributed by atoms with Crippen molar-refractivity contribution in [1.82, 2.24) is 15.0 Å². The molecule has 15 heteroatoms. The van der Waals surface area contributed by atoms with Gasteiger partial charge in [0, 0.05) is 6.66 Å². The predicted octanol–water partition coefficient (Wildman–Crippen LogP) is 7.14. The minimum Gasteiger partial charge on any atom is -0.494 e. The Bertz CT molecular complexity index is 1160. The molecule has 0 radical (unpaired) electrons. The second-order valence-electron chi connectivity index (χ2n) is 13.1. The van der Waals surface area contributed by atoms with Crippen molar-refractivity contribution in [2.45, 2.75) is 84.3 Å². The Morgan fingerprint density at radius 2 is 1.00 bits per heavy atom. The third kappa shape index (κ3) is 30.2. The highest BCUT2D eigenvalue weighted by Gasteiger charge is 2.11. The second kappa shape index (κ2) is 34.3. The van der Waals surface area contributed by atoms with Gasteiger partial charge in [0.2, 0.25) is 7.45 Å². The first-order chi connectivity index (χ1) is 26.5. The normalized spacial score (nSPS) is 12.7. The lowest BCUT2D eigenvalue weighted by atomic mass is 10.1. The number of hydrogen-bond acceptors (Lipinski definition) is 12. The van der Waals surface area contributed by atoms with Crippen molar-refractivity contribution in [1.29, 1.82) is 0 Å². The van der Waals surface area contributed by atoms with Crippen LogP contribution < -0.4 is 4.74 Å². The largest absolute Gasteiger partial charge is 0.494 e. The van der Waals surface area contributed by atoms with E-state index in [-0.39, 0.29) is 12.8 Å². The predicted molar refractivity (Wildman–Crippen MR) is 208 cm³/mol. The molecule has 2 rings (SSSR count). The van der Waals surface area contributed by atoms with E-state index in [1.54, 1.807) is 0 Å². The molecule has 0 N–H and O–H groups in total. The summed E-state index contributed by atoms with van der Waals surface area (Å²) in [6.07, 6.45) is 15.1. The Hall–Kier alpha value is -2.00. The summed E-state index contributed by atoms with van der Waals surface area (Å²) in [5, 5.41) is 8.44. The molecule has 0 amide bonds. The van der Waals surface area contributed by atoms with Crippen molar-refractivity contribution in [3.63, 3.8) is 0 Å². The molecule has 0 saturated carbocycles. The fourth-order valence-corrected chi connectivity index (χ4v) is 5.54. The van der Waals surface area contributed by atoms with E-state index in [9.17, 15) is 8.76 Å². The van der Waals surface area contributed by atoms with Crippen molar-refractivity contribution < 1.29 is 51.4 Å². The van der Waals surface area contributed by atoms with E-state index >= 15 is 0 Å². The minimum absolute atomic E-state index is 0.0646. The number of halogens is 1. The average Bonchev–Trinajstić information content (AvgIpc) is 3.60. The van der Waals surface area contributed by atoms with E-state index in [1.165, 1.54) is 57.8 Å². The van der Waals surface area contributed by atoms with E-state index in [2.05, 4.69) is 29.4 Å². The number of hydrogen-bond donors (Lipinski definition) is 0. The molecule has 1 atom stereocenters. The summed E-state index contributed by atoms with van der Waals surface area (Å²) in [6.45, 7) is 11.6. The van der Waals surface area contributed by atoms with Crippen molar-refractivity contribution >= 4 is 7.45 Å². The maximum atomic E-state index is 12.9. The first-order valence-corrected chi connectivity index (χ1v) is 22.2. The number of benzene rings is 1. The Morgan fingerprint density at radius 3 is 1.46 bits per heavy atom. The zero-order chi connectivity index (χ0) is 38.6. The smallest absolute Gasteiger partial charge is 0.243 e. The molecule has 0 aliphatic rings. The van der Waals surface area contributed by atoms with Crippen LogP contribution >= 0.6 is 7.45 Å². The van der Waals surface area contributed by atoms with Crippen LogP contribution in [-0.4, -0.2) is 134 Å². The van der Waals surface area contributed by atoms with Crippen LogP contribution in [0.3, 0.4) is 0 Å². The third-order valence-electron chi connectivity index (χ3n) is 8.11. The second-order valence-corrected chi connectivity index (χ2v) is 15.5. The van der Waals surface area contributed by atoms with Gasteiger partial charge < -0.3 is 42.6 Å². The lowest BCUT2D eigenvalue weighted by Gasteiger charge is -2.08. The first kappa shape index (κ1) is 48.1. The average molecular weight is 790 g/mol. The fourth-order valence-electron chi connectivity index (χ4n) is 5.08. The zero-order valence-electron chi connectivity index (χ0n) is 33.1. The van der Waals surface area contributed by atoms with Crippen LogP contribution in [0.5, 0.6) is 5.75 Å². The monoisotopic (exact) mass is 789 g/mol. The highest BCUT2D eigenvalue weighted by molar-refractivity contribution is 7.57. The first-order valence-electron chi connectivity index (χ1n) is 19.9. The van der Waals surface area contributed by atoms with Crippen LogP contribution in [-0.2, 0) is 55.6 Å². The molecule has 1 heterocycles. The van der Waals surface area contributed by atoms with E-state index in [4.69, 9.17) is 42.6 Å². The van der Waals surface area contributed by atoms with Gasteiger partial charge in [-0.05, 0) is 24.1 Å². The van der Waals surface area contributed by atoms with Crippen LogP contribution in [0.1, 0.15) is 82.4 Å². The molecule has 2 aromatic rings. The van der Waals surface area contributed by atoms with Crippen LogP contribution in [0.4, 0.5) is 4.20 Å². The van der Waals surface area contributed by atoms with Gasteiger partial charge in [-0.1, -0.05) is 82.1 Å². The molecule has 1 aromatic heterocycles. The molecular formula is C39H69FN3O10P. The van der Waals surface area contributed by atoms with Crippen molar-refractivity contribution in [3.8, 4) is 5.75 Å². The Balaban J connectivity index is 1.30. The van der Waals surface area contributed by atoms with Gasteiger partial charge in [0.15, 0.2) is 0 Å². The van der Waals surface area contributed by atoms with Crippen LogP contribution in [0.25, 0.3) is 0 Å². The van der Waals surface area contributed by atoms with Crippen LogP contribution in [0.2, 0.25) is 0 Å². The molecule has 13 nitrogen and oxygen atoms in total. The van der Waals surface area contributed by atoms with Gasteiger partial charge in [-0.15, -0.1) is 5.10 Å². The molecule has 0 aliphatic heterocycles. The Labute approximate surface area is 323 Å². The van der Waals surface area contributed by atoms with E-state index < -0.39 is 7.45 Å². The Kier molecular flexibility index (Phi) is 30.6. The molecule has 0 fully saturated rings. The van der Waals surface area contributed by atoms with E-state index in [1.807, 2.05) is 23.0 Å². The van der Waals surface area contributed by atoms with Crippen molar-refractivity contribution in [2.24, 2.45) is 0 Å². The molecule has 1 aromatic carbocycles. The van der Waals surface area contributed by atoms with Gasteiger partial charge in [0.1, 0.15) is 11.4 Å². The summed E-state index contributed by atoms with van der Waals surface area (Å²) in [4.78, 5) is 0. The molecule has 54 heavy (non-hydrogen) atoms. The fraction of sp³-hybridized carbons (Fsp3) is 0.795. The molecule has 0 spiro atoms. The number of aromatic nitrogens is 3. The molecule has 0 aliphatic carbocycles. The highest BCUT2D eigenvalue weighted by atomic mass is 31.2. The number of unbranched alkanes of at least 4 members (excludes halogenated alkanes) is 9. The van der Waals surface area contributed by atoms with Gasteiger partial charge in [-0.25, -0.2) is 4.68 Å². The maximum absolute atomic E-state index is 12.9. The molecule has 0 bridgehead atoms. The molecule has 0 saturated heterocycles. The van der Waals surface area contributed by atoms with E-state index in [0.717, 1.165) is 36.7 Å². The summed E-state index contributed by atoms with van der Waals surface area (Å²) in [5.74, 6) is 0.910. The summed E-state index contributed by atoms with van der Waals surface area (Å²) in [7, 11) is -3.50. The third-order valence-corrected chi connectivity index (χ3v) is 9.09. The lowest BCUT2D eigenvalue weighted by molar-refractivity contribution is -0.0234. The highest BCUT2D eigenvalue weighted by Crippen LogP contribution is 2.41. The quantitative estimate of drug-likeness (QED) is 0.0503. The zero-order valence-corrected chi connectivity index (χ0v) is 34.0. The maximum Gasteiger partial charge on any atom is 0.243 e. The van der Waals surface area contributed by atoms with Crippen LogP contribution in [0.15, 0.2) is 30.5 Å². The topological polar surface area (TPSA) is 131 Å². The van der Waals surface area contributed by atoms with Gasteiger partial charge in [0.25, 0.3) is 0 Å². The van der Waals surface area contributed by atoms with Crippen LogP contribution in [0, 0.1) is 0 Å². The number of rotatable bonds is 40. The summed E-state index contributed by atoms with van der Waals surface area (Å²) >= 11 is 0. The number of ether oxygens (including phenoxy) is 9. The molecule has 312 valence electrons. The standard InChI is InChI=1S/C39H69FN3O10P/c1-3-4-5-6-7-8-9-10-11-12-17-53-39-15-13-37(14-16-39)34-43-35-38(41-42-43)36-52-31-30-50-27-26-48-23-22-46-19-18-45-20-21-47-24-25-49-28-29-51-32-33-54(2,40)44/h13-16,35H,3-12,17-34,36H2,1-2H3. The SMILES string of the molecule is CCCCCCCCCCCCOc1ccc(Cn2cc(COCCOCCOCCOCCOCCOCCOCCOCCP(C)(=O)F)nn2)cc1. The lowest BCUT2D eigenvalue weighted by Crippen LogP contribution is -2.15. The van der Waals surface area contributed by atoms with Crippen molar-refractivity contribution in [3.05, 3.63) is 41.7 Å². The molecular weight excluding hydrogens is 720 g/mol. The minimum atomic E-state index is -3.50. The number of nitrogens with zero attached hydrogens (tertiary/aromatic N) is 3. The molecule has 1 unspecified atom stereocenters. The van der Waals surface area contributed by atoms with E-state index in [0.29, 0.717) is 106 Å². The summed E-state index contributed by atoms with van der Waals surface area (Å²) in [6, 6.07) is 8.20.